The van der Waals surface area contributed by atoms with E-state index in [0.717, 1.165) is 50.1 Å². The van der Waals surface area contributed by atoms with E-state index in [1.165, 1.54) is 32.1 Å². The fraction of sp³-hybridized carbons (Fsp3) is 0.875. The minimum Gasteiger partial charge on any atom is -0.381 e. The molecule has 5 heteroatoms. The monoisotopic (exact) mass is 291 g/mol. The van der Waals surface area contributed by atoms with Crippen LogP contribution in [0.3, 0.4) is 0 Å². The summed E-state index contributed by atoms with van der Waals surface area (Å²) in [5, 5.41) is 7.93. The first-order chi connectivity index (χ1) is 10.4. The van der Waals surface area contributed by atoms with Gasteiger partial charge in [0.2, 0.25) is 5.89 Å². The Kier molecular flexibility index (Phi) is 3.95. The van der Waals surface area contributed by atoms with Gasteiger partial charge in [0.15, 0.2) is 5.82 Å². The first-order valence-electron chi connectivity index (χ1n) is 8.55. The SMILES string of the molecule is C1CCC2NC(c3nc(CC4CCOC4)no3)CCC2C1. The Morgan fingerprint density at radius 1 is 1.10 bits per heavy atom. The molecule has 1 aliphatic carbocycles. The number of nitrogens with zero attached hydrogens (tertiary/aromatic N) is 2. The summed E-state index contributed by atoms with van der Waals surface area (Å²) in [5.41, 5.74) is 0. The summed E-state index contributed by atoms with van der Waals surface area (Å²) in [4.78, 5) is 4.64. The molecule has 2 saturated heterocycles. The summed E-state index contributed by atoms with van der Waals surface area (Å²) < 4.78 is 10.9. The maximum absolute atomic E-state index is 5.53. The molecule has 1 aromatic heterocycles. The van der Waals surface area contributed by atoms with E-state index < -0.39 is 0 Å². The van der Waals surface area contributed by atoms with Crippen molar-refractivity contribution < 1.29 is 9.26 Å². The predicted molar refractivity (Wildman–Crippen MR) is 77.8 cm³/mol. The number of hydrogen-bond donors (Lipinski definition) is 1. The van der Waals surface area contributed by atoms with Crippen molar-refractivity contribution >= 4 is 0 Å². The van der Waals surface area contributed by atoms with Crippen molar-refractivity contribution in [2.45, 2.75) is 63.5 Å². The molecule has 3 aliphatic rings. The number of rotatable bonds is 3. The Morgan fingerprint density at radius 3 is 2.95 bits per heavy atom. The van der Waals surface area contributed by atoms with Crippen LogP contribution in [0.4, 0.5) is 0 Å². The Balaban J connectivity index is 1.38. The average molecular weight is 291 g/mol. The highest BCUT2D eigenvalue weighted by molar-refractivity contribution is 4.99. The Hall–Kier alpha value is -0.940. The lowest BCUT2D eigenvalue weighted by Gasteiger charge is -2.39. The second-order valence-electron chi connectivity index (χ2n) is 6.93. The molecule has 3 fully saturated rings. The van der Waals surface area contributed by atoms with Gasteiger partial charge < -0.3 is 14.6 Å². The van der Waals surface area contributed by atoms with E-state index in [1.807, 2.05) is 0 Å². The van der Waals surface area contributed by atoms with Crippen LogP contribution >= 0.6 is 0 Å². The summed E-state index contributed by atoms with van der Waals surface area (Å²) in [7, 11) is 0. The van der Waals surface area contributed by atoms with Gasteiger partial charge in [0, 0.05) is 25.7 Å². The standard InChI is InChI=1S/C16H25N3O2/c1-2-4-13-12(3-1)5-6-14(17-13)16-18-15(19-21-16)9-11-7-8-20-10-11/h11-14,17H,1-10H2. The van der Waals surface area contributed by atoms with Gasteiger partial charge in [-0.05, 0) is 43.9 Å². The highest BCUT2D eigenvalue weighted by atomic mass is 16.5. The molecule has 0 radical (unpaired) electrons. The molecule has 3 heterocycles. The number of hydrogen-bond acceptors (Lipinski definition) is 5. The van der Waals surface area contributed by atoms with Crippen molar-refractivity contribution in [3.05, 3.63) is 11.7 Å². The second-order valence-corrected chi connectivity index (χ2v) is 6.93. The first-order valence-corrected chi connectivity index (χ1v) is 8.55. The van der Waals surface area contributed by atoms with Gasteiger partial charge in [-0.25, -0.2) is 0 Å². The van der Waals surface area contributed by atoms with E-state index in [1.54, 1.807) is 0 Å². The number of fused-ring (bicyclic) bond motifs is 1. The van der Waals surface area contributed by atoms with Crippen molar-refractivity contribution in [3.63, 3.8) is 0 Å². The van der Waals surface area contributed by atoms with Crippen molar-refractivity contribution in [1.29, 1.82) is 0 Å². The maximum Gasteiger partial charge on any atom is 0.243 e. The summed E-state index contributed by atoms with van der Waals surface area (Å²) in [6.45, 7) is 1.72. The van der Waals surface area contributed by atoms with E-state index in [9.17, 15) is 0 Å². The second kappa shape index (κ2) is 6.05. The lowest BCUT2D eigenvalue weighted by molar-refractivity contribution is 0.158. The number of piperidine rings is 1. The van der Waals surface area contributed by atoms with E-state index in [0.29, 0.717) is 12.0 Å². The van der Waals surface area contributed by atoms with Crippen LogP contribution in [0, 0.1) is 11.8 Å². The van der Waals surface area contributed by atoms with Gasteiger partial charge in [-0.3, -0.25) is 0 Å². The van der Waals surface area contributed by atoms with E-state index in [2.05, 4.69) is 15.5 Å². The van der Waals surface area contributed by atoms with E-state index in [4.69, 9.17) is 9.26 Å². The van der Waals surface area contributed by atoms with Crippen LogP contribution in [0.5, 0.6) is 0 Å². The van der Waals surface area contributed by atoms with Crippen molar-refractivity contribution in [1.82, 2.24) is 15.5 Å². The molecule has 0 aromatic carbocycles. The third-order valence-corrected chi connectivity index (χ3v) is 5.43. The van der Waals surface area contributed by atoms with Crippen molar-refractivity contribution in [2.24, 2.45) is 11.8 Å². The predicted octanol–water partition coefficient (Wildman–Crippen LogP) is 2.63. The molecule has 4 unspecified atom stereocenters. The molecule has 0 amide bonds. The largest absolute Gasteiger partial charge is 0.381 e. The van der Waals surface area contributed by atoms with Gasteiger partial charge in [0.25, 0.3) is 0 Å². The fourth-order valence-corrected chi connectivity index (χ4v) is 4.18. The molecule has 1 aromatic rings. The maximum atomic E-state index is 5.53. The van der Waals surface area contributed by atoms with Crippen molar-refractivity contribution in [3.8, 4) is 0 Å². The zero-order valence-corrected chi connectivity index (χ0v) is 12.6. The van der Waals surface area contributed by atoms with Gasteiger partial charge in [0.05, 0.1) is 6.04 Å². The number of nitrogens with one attached hydrogen (secondary N) is 1. The molecule has 0 bridgehead atoms. The van der Waals surface area contributed by atoms with Crippen LogP contribution in [0.1, 0.15) is 62.7 Å². The lowest BCUT2D eigenvalue weighted by atomic mass is 9.78. The molecule has 5 nitrogen and oxygen atoms in total. The number of aromatic nitrogens is 2. The molecule has 4 atom stereocenters. The van der Waals surface area contributed by atoms with Crippen LogP contribution in [0.15, 0.2) is 4.52 Å². The zero-order valence-electron chi connectivity index (χ0n) is 12.6. The fourth-order valence-electron chi connectivity index (χ4n) is 4.18. The summed E-state index contributed by atoms with van der Waals surface area (Å²) >= 11 is 0. The Labute approximate surface area is 125 Å². The van der Waals surface area contributed by atoms with Gasteiger partial charge >= 0.3 is 0 Å². The number of ether oxygens (including phenoxy) is 1. The third kappa shape index (κ3) is 2.99. The van der Waals surface area contributed by atoms with Crippen LogP contribution in [-0.2, 0) is 11.2 Å². The van der Waals surface area contributed by atoms with E-state index in [-0.39, 0.29) is 6.04 Å². The molecule has 1 N–H and O–H groups in total. The zero-order chi connectivity index (χ0) is 14.1. The van der Waals surface area contributed by atoms with Crippen LogP contribution in [-0.4, -0.2) is 29.4 Å². The molecule has 2 aliphatic heterocycles. The summed E-state index contributed by atoms with van der Waals surface area (Å²) in [6.07, 6.45) is 9.91. The minimum absolute atomic E-state index is 0.269. The molecule has 1 saturated carbocycles. The first kappa shape index (κ1) is 13.7. The normalized spacial score (nSPS) is 36.6. The Bertz CT molecular complexity index is 470. The molecule has 116 valence electrons. The third-order valence-electron chi connectivity index (χ3n) is 5.43. The van der Waals surface area contributed by atoms with Crippen LogP contribution in [0.25, 0.3) is 0 Å². The van der Waals surface area contributed by atoms with Crippen LogP contribution < -0.4 is 5.32 Å². The molecule has 4 rings (SSSR count). The highest BCUT2D eigenvalue weighted by Crippen LogP contribution is 2.36. The summed E-state index contributed by atoms with van der Waals surface area (Å²) in [5.74, 6) is 3.09. The quantitative estimate of drug-likeness (QED) is 0.927. The molecule has 21 heavy (non-hydrogen) atoms. The van der Waals surface area contributed by atoms with Gasteiger partial charge in [-0.2, -0.15) is 4.98 Å². The highest BCUT2D eigenvalue weighted by Gasteiger charge is 2.34. The van der Waals surface area contributed by atoms with Gasteiger partial charge in [-0.15, -0.1) is 0 Å². The van der Waals surface area contributed by atoms with E-state index >= 15 is 0 Å². The van der Waals surface area contributed by atoms with Gasteiger partial charge in [-0.1, -0.05) is 18.0 Å². The topological polar surface area (TPSA) is 60.2 Å². The molecular weight excluding hydrogens is 266 g/mol. The molecular formula is C16H25N3O2. The van der Waals surface area contributed by atoms with Crippen LogP contribution in [0.2, 0.25) is 0 Å². The Morgan fingerprint density at radius 2 is 2.05 bits per heavy atom. The van der Waals surface area contributed by atoms with Crippen molar-refractivity contribution in [2.75, 3.05) is 13.2 Å². The smallest absolute Gasteiger partial charge is 0.243 e. The summed E-state index contributed by atoms with van der Waals surface area (Å²) in [6, 6.07) is 0.932. The van der Waals surface area contributed by atoms with Gasteiger partial charge in [0.1, 0.15) is 0 Å². The molecule has 0 spiro atoms. The lowest BCUT2D eigenvalue weighted by Crippen LogP contribution is -2.44. The minimum atomic E-state index is 0.269. The average Bonchev–Trinajstić information content (AvgIpc) is 3.19.